The van der Waals surface area contributed by atoms with E-state index in [9.17, 15) is 22.8 Å². The predicted octanol–water partition coefficient (Wildman–Crippen LogP) is 5.61. The van der Waals surface area contributed by atoms with E-state index in [2.05, 4.69) is 10.3 Å². The molecule has 1 aliphatic heterocycles. The van der Waals surface area contributed by atoms with E-state index in [1.165, 1.54) is 12.1 Å². The van der Waals surface area contributed by atoms with Crippen LogP contribution in [0.3, 0.4) is 0 Å². The number of nitrogens with two attached hydrogens (primary N) is 1. The first-order valence-electron chi connectivity index (χ1n) is 13.4. The molecule has 4 rings (SSSR count). The zero-order chi connectivity index (χ0) is 30.3. The average molecular weight is 578 g/mol. The number of nitriles is 1. The van der Waals surface area contributed by atoms with Gasteiger partial charge in [-0.25, -0.2) is 0 Å². The highest BCUT2D eigenvalue weighted by Gasteiger charge is 2.30. The Labute approximate surface area is 241 Å². The maximum Gasteiger partial charge on any atom is 0.416 e. The smallest absolute Gasteiger partial charge is 0.416 e. The molecule has 1 aliphatic rings. The number of anilines is 1. The van der Waals surface area contributed by atoms with Crippen LogP contribution in [0.4, 0.5) is 18.9 Å². The van der Waals surface area contributed by atoms with E-state index >= 15 is 0 Å². The van der Waals surface area contributed by atoms with Crippen molar-refractivity contribution in [2.45, 2.75) is 25.9 Å². The molecule has 0 radical (unpaired) electrons. The van der Waals surface area contributed by atoms with Gasteiger partial charge in [0, 0.05) is 48.2 Å². The maximum absolute atomic E-state index is 13.0. The standard InChI is InChI=1S/C31H30F3N5O3/c1-20-26(29(40)38-15-14-35)10-11-28(36)27(20)19-37-18-21-12-16-39(17-13-21)30(41)22-2-6-24(7-3-22)42-25-8-4-23(5-9-25)31(32,33)34/h2-11,19,21H,12-13,15-18,36H2,1H3,(H,38,40). The van der Waals surface area contributed by atoms with Gasteiger partial charge in [0.25, 0.3) is 11.8 Å². The Morgan fingerprint density at radius 1 is 1.07 bits per heavy atom. The Kier molecular flexibility index (Phi) is 9.47. The zero-order valence-corrected chi connectivity index (χ0v) is 22.9. The van der Waals surface area contributed by atoms with E-state index in [1.807, 2.05) is 6.07 Å². The van der Waals surface area contributed by atoms with E-state index in [0.29, 0.717) is 53.3 Å². The fraction of sp³-hybridized carbons (Fsp3) is 0.290. The van der Waals surface area contributed by atoms with Crippen LogP contribution in [0.15, 0.2) is 65.7 Å². The summed E-state index contributed by atoms with van der Waals surface area (Å²) in [4.78, 5) is 31.7. The van der Waals surface area contributed by atoms with Crippen LogP contribution in [0.1, 0.15) is 50.2 Å². The van der Waals surface area contributed by atoms with E-state index in [0.717, 1.165) is 25.0 Å². The monoisotopic (exact) mass is 577 g/mol. The average Bonchev–Trinajstić information content (AvgIpc) is 2.98. The van der Waals surface area contributed by atoms with Crippen LogP contribution >= 0.6 is 0 Å². The van der Waals surface area contributed by atoms with Gasteiger partial charge in [-0.1, -0.05) is 0 Å². The number of rotatable bonds is 8. The van der Waals surface area contributed by atoms with Crippen LogP contribution in [-0.2, 0) is 6.18 Å². The van der Waals surface area contributed by atoms with Crippen LogP contribution in [0, 0.1) is 24.2 Å². The molecule has 8 nitrogen and oxygen atoms in total. The van der Waals surface area contributed by atoms with Gasteiger partial charge in [-0.05, 0) is 91.9 Å². The molecular weight excluding hydrogens is 547 g/mol. The Hall–Kier alpha value is -4.85. The van der Waals surface area contributed by atoms with Crippen molar-refractivity contribution in [3.05, 3.63) is 88.5 Å². The summed E-state index contributed by atoms with van der Waals surface area (Å²) in [5.41, 5.74) is 8.15. The number of hydrogen-bond acceptors (Lipinski definition) is 6. The number of benzene rings is 3. The molecule has 1 heterocycles. The van der Waals surface area contributed by atoms with E-state index < -0.39 is 11.7 Å². The number of ether oxygens (including phenoxy) is 1. The number of amides is 2. The number of carbonyl (C=O) groups excluding carboxylic acids is 2. The van der Waals surface area contributed by atoms with Crippen molar-refractivity contribution in [3.63, 3.8) is 0 Å². The molecule has 0 aliphatic carbocycles. The summed E-state index contributed by atoms with van der Waals surface area (Å²) in [6, 6.07) is 16.1. The number of hydrogen-bond donors (Lipinski definition) is 2. The SMILES string of the molecule is Cc1c(C(=O)NCC#N)ccc(N)c1C=NCC1CCN(C(=O)c2ccc(Oc3ccc(C(F)(F)F)cc3)cc2)CC1. The van der Waals surface area contributed by atoms with Gasteiger partial charge >= 0.3 is 6.18 Å². The Bertz CT molecular complexity index is 1490. The second-order valence-electron chi connectivity index (χ2n) is 9.96. The lowest BCUT2D eigenvalue weighted by Gasteiger charge is -2.31. The van der Waals surface area contributed by atoms with Crippen LogP contribution in [0.5, 0.6) is 11.5 Å². The number of halogens is 3. The predicted molar refractivity (Wildman–Crippen MR) is 153 cm³/mol. The molecule has 1 fully saturated rings. The number of nitrogen functional groups attached to an aromatic ring is 1. The maximum atomic E-state index is 13.0. The summed E-state index contributed by atoms with van der Waals surface area (Å²) < 4.78 is 43.8. The Morgan fingerprint density at radius 3 is 2.29 bits per heavy atom. The molecule has 11 heteroatoms. The fourth-order valence-corrected chi connectivity index (χ4v) is 4.69. The lowest BCUT2D eigenvalue weighted by atomic mass is 9.96. The molecule has 0 bridgehead atoms. The molecule has 0 atom stereocenters. The van der Waals surface area contributed by atoms with Gasteiger partial charge in [0.05, 0.1) is 11.6 Å². The van der Waals surface area contributed by atoms with Gasteiger partial charge < -0.3 is 20.7 Å². The number of nitrogens with zero attached hydrogens (tertiary/aromatic N) is 3. The summed E-state index contributed by atoms with van der Waals surface area (Å²) in [5, 5.41) is 11.2. The minimum Gasteiger partial charge on any atom is -0.457 e. The van der Waals surface area contributed by atoms with Crippen molar-refractivity contribution >= 4 is 23.7 Å². The van der Waals surface area contributed by atoms with Gasteiger partial charge in [0.15, 0.2) is 0 Å². The number of nitrogens with one attached hydrogen (secondary N) is 1. The minimum absolute atomic E-state index is 0.0844. The molecule has 3 N–H and O–H groups in total. The van der Waals surface area contributed by atoms with Crippen molar-refractivity contribution in [2.24, 2.45) is 10.9 Å². The van der Waals surface area contributed by atoms with Crippen LogP contribution in [0.2, 0.25) is 0 Å². The van der Waals surface area contributed by atoms with E-state index in [4.69, 9.17) is 15.7 Å². The topological polar surface area (TPSA) is 121 Å². The van der Waals surface area contributed by atoms with E-state index in [1.54, 1.807) is 54.4 Å². The van der Waals surface area contributed by atoms with Crippen molar-refractivity contribution in [1.29, 1.82) is 5.26 Å². The van der Waals surface area contributed by atoms with Gasteiger partial charge in [0.1, 0.15) is 18.0 Å². The quantitative estimate of drug-likeness (QED) is 0.205. The number of alkyl halides is 3. The van der Waals surface area contributed by atoms with Crippen molar-refractivity contribution in [3.8, 4) is 17.6 Å². The van der Waals surface area contributed by atoms with Crippen molar-refractivity contribution in [1.82, 2.24) is 10.2 Å². The zero-order valence-electron chi connectivity index (χ0n) is 22.9. The Balaban J connectivity index is 1.28. The normalized spacial score (nSPS) is 14.0. The van der Waals surface area contributed by atoms with Crippen LogP contribution in [-0.4, -0.2) is 49.1 Å². The van der Waals surface area contributed by atoms with Gasteiger partial charge in [-0.15, -0.1) is 0 Å². The highest BCUT2D eigenvalue weighted by atomic mass is 19.4. The molecule has 3 aromatic carbocycles. The molecular formula is C31H30F3N5O3. The van der Waals surface area contributed by atoms with Crippen LogP contribution in [0.25, 0.3) is 0 Å². The molecule has 218 valence electrons. The number of carbonyl (C=O) groups is 2. The molecule has 2 amide bonds. The largest absolute Gasteiger partial charge is 0.457 e. The molecule has 0 spiro atoms. The van der Waals surface area contributed by atoms with Gasteiger partial charge in [-0.3, -0.25) is 14.6 Å². The minimum atomic E-state index is -4.41. The summed E-state index contributed by atoms with van der Waals surface area (Å²) in [5.74, 6) is 0.508. The summed E-state index contributed by atoms with van der Waals surface area (Å²) in [6.45, 7) is 3.42. The third-order valence-electron chi connectivity index (χ3n) is 7.13. The van der Waals surface area contributed by atoms with Crippen molar-refractivity contribution in [2.75, 3.05) is 31.9 Å². The first-order valence-corrected chi connectivity index (χ1v) is 13.4. The second kappa shape index (κ2) is 13.2. The lowest BCUT2D eigenvalue weighted by Crippen LogP contribution is -2.39. The Morgan fingerprint density at radius 2 is 1.69 bits per heavy atom. The summed E-state index contributed by atoms with van der Waals surface area (Å²) in [7, 11) is 0. The number of likely N-dealkylation sites (tertiary alicyclic amines) is 1. The molecule has 3 aromatic rings. The second-order valence-corrected chi connectivity index (χ2v) is 9.96. The van der Waals surface area contributed by atoms with Crippen LogP contribution < -0.4 is 15.8 Å². The summed E-state index contributed by atoms with van der Waals surface area (Å²) >= 11 is 0. The third-order valence-corrected chi connectivity index (χ3v) is 7.13. The van der Waals surface area contributed by atoms with Gasteiger partial charge in [0.2, 0.25) is 0 Å². The first kappa shape index (κ1) is 30.1. The first-order chi connectivity index (χ1) is 20.1. The molecule has 42 heavy (non-hydrogen) atoms. The third kappa shape index (κ3) is 7.46. The molecule has 0 aromatic heterocycles. The number of piperidine rings is 1. The molecule has 0 unspecified atom stereocenters. The van der Waals surface area contributed by atoms with Gasteiger partial charge in [-0.2, -0.15) is 18.4 Å². The highest BCUT2D eigenvalue weighted by Crippen LogP contribution is 2.31. The molecule has 0 saturated carbocycles. The van der Waals surface area contributed by atoms with E-state index in [-0.39, 0.29) is 30.0 Å². The van der Waals surface area contributed by atoms with Crippen molar-refractivity contribution < 1.29 is 27.5 Å². The number of aliphatic imine (C=N–C) groups is 1. The lowest BCUT2D eigenvalue weighted by molar-refractivity contribution is -0.137. The molecule has 1 saturated heterocycles. The highest BCUT2D eigenvalue weighted by molar-refractivity contribution is 6.00. The summed E-state index contributed by atoms with van der Waals surface area (Å²) in [6.07, 6.45) is -1.17. The fourth-order valence-electron chi connectivity index (χ4n) is 4.69.